The van der Waals surface area contributed by atoms with Crippen molar-refractivity contribution in [2.75, 3.05) is 17.6 Å². The number of nitrogens with one attached hydrogen (secondary N) is 1. The number of pyridine rings is 1. The number of ether oxygens (including phenoxy) is 1. The minimum absolute atomic E-state index is 0.0463. The molecule has 2 aromatic rings. The van der Waals surface area contributed by atoms with Gasteiger partial charge >= 0.3 is 0 Å². The molecule has 1 aromatic heterocycles. The second-order valence-electron chi connectivity index (χ2n) is 3.87. The molecule has 0 atom stereocenters. The Morgan fingerprint density at radius 1 is 1.30 bits per heavy atom. The third kappa shape index (κ3) is 2.97. The molecule has 0 radical (unpaired) electrons. The maximum Gasteiger partial charge on any atom is 0.263 e. The fraction of sp³-hybridized carbons (Fsp3) is 0.0833. The molecule has 0 bridgehead atoms. The van der Waals surface area contributed by atoms with E-state index in [1.54, 1.807) is 0 Å². The topological polar surface area (TPSA) is 94.3 Å². The van der Waals surface area contributed by atoms with Gasteiger partial charge in [-0.15, -0.1) is 0 Å². The average Bonchev–Trinajstić information content (AvgIpc) is 2.41. The zero-order valence-corrected chi connectivity index (χ0v) is 11.3. The molecule has 0 amide bonds. The van der Waals surface area contributed by atoms with E-state index in [1.807, 2.05) is 0 Å². The summed E-state index contributed by atoms with van der Waals surface area (Å²) in [6.45, 7) is 0. The Hall–Kier alpha value is -2.35. The van der Waals surface area contributed by atoms with E-state index in [2.05, 4.69) is 9.71 Å². The molecule has 0 spiro atoms. The van der Waals surface area contributed by atoms with Crippen LogP contribution in [0.5, 0.6) is 5.75 Å². The number of benzene rings is 1. The zero-order valence-electron chi connectivity index (χ0n) is 10.5. The standard InChI is InChI=1S/C12H12FN3O3S/c1-19-11-6-8(2-4-10(11)13)16-20(17,18)9-3-5-12(14)15-7-9/h2-7,16H,1H3,(H2,14,15). The first-order chi connectivity index (χ1) is 9.42. The molecule has 0 saturated heterocycles. The van der Waals surface area contributed by atoms with Gasteiger partial charge in [-0.05, 0) is 24.3 Å². The molecule has 0 aliphatic rings. The molecule has 1 aromatic carbocycles. The number of hydrogen-bond acceptors (Lipinski definition) is 5. The number of nitrogens with two attached hydrogens (primary N) is 1. The third-order valence-corrected chi connectivity index (χ3v) is 3.84. The summed E-state index contributed by atoms with van der Waals surface area (Å²) in [5.41, 5.74) is 5.57. The second kappa shape index (κ2) is 5.33. The highest BCUT2D eigenvalue weighted by atomic mass is 32.2. The van der Waals surface area contributed by atoms with Crippen molar-refractivity contribution >= 4 is 21.5 Å². The molecule has 1 heterocycles. The van der Waals surface area contributed by atoms with Crippen LogP contribution < -0.4 is 15.2 Å². The summed E-state index contributed by atoms with van der Waals surface area (Å²) in [6.07, 6.45) is 1.14. The van der Waals surface area contributed by atoms with E-state index in [0.717, 1.165) is 12.3 Å². The highest BCUT2D eigenvalue weighted by Crippen LogP contribution is 2.23. The van der Waals surface area contributed by atoms with Gasteiger partial charge in [0.05, 0.1) is 12.8 Å². The number of anilines is 2. The lowest BCUT2D eigenvalue weighted by molar-refractivity contribution is 0.387. The molecule has 106 valence electrons. The Labute approximate surface area is 115 Å². The van der Waals surface area contributed by atoms with Crippen molar-refractivity contribution in [2.24, 2.45) is 0 Å². The van der Waals surface area contributed by atoms with Crippen molar-refractivity contribution in [1.82, 2.24) is 4.98 Å². The number of nitrogen functional groups attached to an aromatic ring is 1. The SMILES string of the molecule is COc1cc(NS(=O)(=O)c2ccc(N)nc2)ccc1F. The summed E-state index contributed by atoms with van der Waals surface area (Å²) in [5, 5.41) is 0. The molecular weight excluding hydrogens is 285 g/mol. The smallest absolute Gasteiger partial charge is 0.263 e. The van der Waals surface area contributed by atoms with Crippen molar-refractivity contribution < 1.29 is 17.5 Å². The van der Waals surface area contributed by atoms with Crippen molar-refractivity contribution in [3.8, 4) is 5.75 Å². The van der Waals surface area contributed by atoms with E-state index in [9.17, 15) is 12.8 Å². The van der Waals surface area contributed by atoms with Crippen LogP contribution in [-0.2, 0) is 10.0 Å². The lowest BCUT2D eigenvalue weighted by atomic mass is 10.3. The van der Waals surface area contributed by atoms with Gasteiger partial charge in [-0.1, -0.05) is 0 Å². The summed E-state index contributed by atoms with van der Waals surface area (Å²) in [7, 11) is -2.52. The van der Waals surface area contributed by atoms with E-state index in [-0.39, 0.29) is 22.2 Å². The van der Waals surface area contributed by atoms with Crippen LogP contribution in [0.25, 0.3) is 0 Å². The van der Waals surface area contributed by atoms with Crippen LogP contribution in [0.15, 0.2) is 41.4 Å². The van der Waals surface area contributed by atoms with Crippen LogP contribution in [0, 0.1) is 5.82 Å². The van der Waals surface area contributed by atoms with E-state index < -0.39 is 15.8 Å². The number of methoxy groups -OCH3 is 1. The number of sulfonamides is 1. The Kier molecular flexibility index (Phi) is 3.75. The van der Waals surface area contributed by atoms with Crippen LogP contribution in [0.4, 0.5) is 15.9 Å². The van der Waals surface area contributed by atoms with Gasteiger partial charge in [-0.25, -0.2) is 17.8 Å². The molecule has 0 fully saturated rings. The lowest BCUT2D eigenvalue weighted by Gasteiger charge is -2.09. The first-order valence-corrected chi connectivity index (χ1v) is 6.98. The van der Waals surface area contributed by atoms with E-state index in [1.165, 1.54) is 31.4 Å². The van der Waals surface area contributed by atoms with Crippen LogP contribution in [0.1, 0.15) is 0 Å². The summed E-state index contributed by atoms with van der Waals surface area (Å²) < 4.78 is 44.5. The van der Waals surface area contributed by atoms with Crippen LogP contribution >= 0.6 is 0 Å². The number of nitrogens with zero attached hydrogens (tertiary/aromatic N) is 1. The average molecular weight is 297 g/mol. The first-order valence-electron chi connectivity index (χ1n) is 5.50. The Morgan fingerprint density at radius 2 is 2.05 bits per heavy atom. The molecule has 0 aliphatic heterocycles. The normalized spacial score (nSPS) is 11.1. The molecule has 20 heavy (non-hydrogen) atoms. The lowest BCUT2D eigenvalue weighted by Crippen LogP contribution is -2.13. The summed E-state index contributed by atoms with van der Waals surface area (Å²) in [5.74, 6) is -0.419. The van der Waals surface area contributed by atoms with Gasteiger partial charge in [0.25, 0.3) is 10.0 Å². The van der Waals surface area contributed by atoms with Gasteiger partial charge in [-0.3, -0.25) is 4.72 Å². The second-order valence-corrected chi connectivity index (χ2v) is 5.56. The van der Waals surface area contributed by atoms with Gasteiger partial charge in [0.2, 0.25) is 0 Å². The molecule has 6 nitrogen and oxygen atoms in total. The maximum atomic E-state index is 13.2. The highest BCUT2D eigenvalue weighted by Gasteiger charge is 2.15. The van der Waals surface area contributed by atoms with Crippen molar-refractivity contribution in [2.45, 2.75) is 4.90 Å². The first kappa shape index (κ1) is 14.1. The Bertz CT molecular complexity index is 717. The fourth-order valence-corrected chi connectivity index (χ4v) is 2.48. The summed E-state index contributed by atoms with van der Waals surface area (Å²) >= 11 is 0. The number of rotatable bonds is 4. The Morgan fingerprint density at radius 3 is 2.65 bits per heavy atom. The highest BCUT2D eigenvalue weighted by molar-refractivity contribution is 7.92. The fourth-order valence-electron chi connectivity index (χ4n) is 1.49. The van der Waals surface area contributed by atoms with Crippen LogP contribution in [0.2, 0.25) is 0 Å². The minimum Gasteiger partial charge on any atom is -0.494 e. The maximum absolute atomic E-state index is 13.2. The largest absolute Gasteiger partial charge is 0.494 e. The van der Waals surface area contributed by atoms with E-state index in [0.29, 0.717) is 0 Å². The van der Waals surface area contributed by atoms with Crippen molar-refractivity contribution in [3.05, 3.63) is 42.3 Å². The van der Waals surface area contributed by atoms with Gasteiger partial charge in [0.1, 0.15) is 10.7 Å². The number of halogens is 1. The number of aromatic nitrogens is 1. The molecule has 8 heteroatoms. The minimum atomic E-state index is -3.81. The molecule has 0 unspecified atom stereocenters. The predicted octanol–water partition coefficient (Wildman–Crippen LogP) is 1.61. The van der Waals surface area contributed by atoms with Gasteiger partial charge < -0.3 is 10.5 Å². The molecular formula is C12H12FN3O3S. The quantitative estimate of drug-likeness (QED) is 0.894. The molecule has 2 rings (SSSR count). The van der Waals surface area contributed by atoms with Crippen LogP contribution in [-0.4, -0.2) is 20.5 Å². The van der Waals surface area contributed by atoms with Gasteiger partial charge in [0, 0.05) is 12.3 Å². The predicted molar refractivity (Wildman–Crippen MR) is 72.4 cm³/mol. The summed E-state index contributed by atoms with van der Waals surface area (Å²) in [6, 6.07) is 6.35. The monoisotopic (exact) mass is 297 g/mol. The van der Waals surface area contributed by atoms with Crippen molar-refractivity contribution in [1.29, 1.82) is 0 Å². The van der Waals surface area contributed by atoms with Gasteiger partial charge in [0.15, 0.2) is 11.6 Å². The Balaban J connectivity index is 2.30. The third-order valence-electron chi connectivity index (χ3n) is 2.47. The molecule has 3 N–H and O–H groups in total. The van der Waals surface area contributed by atoms with E-state index >= 15 is 0 Å². The van der Waals surface area contributed by atoms with Gasteiger partial charge in [-0.2, -0.15) is 0 Å². The summed E-state index contributed by atoms with van der Waals surface area (Å²) in [4.78, 5) is 3.66. The zero-order chi connectivity index (χ0) is 14.8. The van der Waals surface area contributed by atoms with Crippen molar-refractivity contribution in [3.63, 3.8) is 0 Å². The number of hydrogen-bond donors (Lipinski definition) is 2. The molecule has 0 saturated carbocycles. The van der Waals surface area contributed by atoms with E-state index in [4.69, 9.17) is 10.5 Å². The molecule has 0 aliphatic carbocycles. The van der Waals surface area contributed by atoms with Crippen LogP contribution in [0.3, 0.4) is 0 Å².